The largest absolute Gasteiger partial charge is 0.497 e. The lowest BCUT2D eigenvalue weighted by atomic mass is 10.0. The first-order chi connectivity index (χ1) is 15.6. The third-order valence-electron chi connectivity index (χ3n) is 5.69. The van der Waals surface area contributed by atoms with Crippen LogP contribution in [-0.2, 0) is 6.54 Å². The van der Waals surface area contributed by atoms with Crippen LogP contribution in [0.5, 0.6) is 17.2 Å². The van der Waals surface area contributed by atoms with E-state index in [1.54, 1.807) is 33.1 Å². The minimum Gasteiger partial charge on any atom is -0.497 e. The van der Waals surface area contributed by atoms with Crippen LogP contribution >= 0.6 is 11.8 Å². The molecular formula is C24H25N4O3S+. The topological polar surface area (TPSA) is 62.3 Å². The molecule has 3 heterocycles. The van der Waals surface area contributed by atoms with Gasteiger partial charge in [0.25, 0.3) is 5.16 Å². The number of fused-ring (bicyclic) bond motifs is 2. The summed E-state index contributed by atoms with van der Waals surface area (Å²) in [6.07, 6.45) is 1.10. The Morgan fingerprint density at radius 2 is 1.72 bits per heavy atom. The molecule has 2 aromatic carbocycles. The van der Waals surface area contributed by atoms with Crippen molar-refractivity contribution in [3.8, 4) is 34.5 Å². The Hall–Kier alpha value is -3.26. The second-order valence-corrected chi connectivity index (χ2v) is 8.67. The maximum absolute atomic E-state index is 5.62. The third kappa shape index (κ3) is 3.44. The second kappa shape index (κ2) is 8.35. The summed E-state index contributed by atoms with van der Waals surface area (Å²) in [4.78, 5) is 4.88. The van der Waals surface area contributed by atoms with E-state index in [0.29, 0.717) is 17.4 Å². The standard InChI is InChI=1S/C24H25N4O3S/c1-15-12-17-13-20(30-3)21(31-4)14-19(17)22(16-6-8-18(29-2)9-7-16)28(15)23-25-24-27(26-23)10-5-11-32-24/h6-9,12-14H,5,10-11H2,1-4H3/q+1. The average Bonchev–Trinajstić information content (AvgIpc) is 3.26. The van der Waals surface area contributed by atoms with Crippen molar-refractivity contribution in [2.24, 2.45) is 0 Å². The Bertz CT molecular complexity index is 1280. The first kappa shape index (κ1) is 20.6. The highest BCUT2D eigenvalue weighted by Gasteiger charge is 2.29. The van der Waals surface area contributed by atoms with E-state index in [1.807, 2.05) is 28.9 Å². The highest BCUT2D eigenvalue weighted by Crippen LogP contribution is 2.37. The van der Waals surface area contributed by atoms with E-state index < -0.39 is 0 Å². The van der Waals surface area contributed by atoms with Crippen LogP contribution in [0.3, 0.4) is 0 Å². The smallest absolute Gasteiger partial charge is 0.461 e. The molecule has 2 aromatic heterocycles. The maximum atomic E-state index is 5.62. The summed E-state index contributed by atoms with van der Waals surface area (Å²) in [6, 6.07) is 14.2. The first-order valence-corrected chi connectivity index (χ1v) is 11.5. The molecule has 8 heteroatoms. The van der Waals surface area contributed by atoms with E-state index >= 15 is 0 Å². The molecule has 0 saturated carbocycles. The van der Waals surface area contributed by atoms with Crippen LogP contribution in [0.4, 0.5) is 0 Å². The van der Waals surface area contributed by atoms with Gasteiger partial charge in [-0.15, -0.1) is 0 Å². The Morgan fingerprint density at radius 3 is 2.41 bits per heavy atom. The monoisotopic (exact) mass is 449 g/mol. The molecule has 4 aromatic rings. The normalized spacial score (nSPS) is 13.1. The molecule has 0 atom stereocenters. The Balaban J connectivity index is 1.83. The van der Waals surface area contributed by atoms with Crippen LogP contribution in [0.1, 0.15) is 12.1 Å². The SMILES string of the molecule is COc1ccc(-c2c3cc(OC)c(OC)cc3cc(C)[n+]2-c2nc3n(n2)CCCS3)cc1. The predicted octanol–water partition coefficient (Wildman–Crippen LogP) is 4.21. The predicted molar refractivity (Wildman–Crippen MR) is 124 cm³/mol. The molecule has 1 aliphatic rings. The fraction of sp³-hybridized carbons (Fsp3) is 0.292. The van der Waals surface area contributed by atoms with Gasteiger partial charge in [0.2, 0.25) is 0 Å². The van der Waals surface area contributed by atoms with Gasteiger partial charge in [0.15, 0.2) is 11.5 Å². The average molecular weight is 450 g/mol. The van der Waals surface area contributed by atoms with Gasteiger partial charge in [-0.25, -0.2) is 0 Å². The number of ether oxygens (including phenoxy) is 3. The second-order valence-electron chi connectivity index (χ2n) is 7.61. The number of pyridine rings is 1. The minimum atomic E-state index is 0.675. The fourth-order valence-corrected chi connectivity index (χ4v) is 5.02. The molecule has 0 unspecified atom stereocenters. The summed E-state index contributed by atoms with van der Waals surface area (Å²) in [5.41, 5.74) is 3.06. The highest BCUT2D eigenvalue weighted by atomic mass is 32.2. The summed E-state index contributed by atoms with van der Waals surface area (Å²) in [7, 11) is 4.98. The van der Waals surface area contributed by atoms with Gasteiger partial charge in [-0.1, -0.05) is 11.8 Å². The Kier molecular flexibility index (Phi) is 5.38. The first-order valence-electron chi connectivity index (χ1n) is 10.5. The van der Waals surface area contributed by atoms with E-state index in [2.05, 4.69) is 29.7 Å². The molecule has 0 aliphatic carbocycles. The van der Waals surface area contributed by atoms with Crippen molar-refractivity contribution in [2.45, 2.75) is 25.0 Å². The molecule has 32 heavy (non-hydrogen) atoms. The van der Waals surface area contributed by atoms with Gasteiger partial charge in [0.1, 0.15) is 11.4 Å². The number of benzene rings is 2. The van der Waals surface area contributed by atoms with Crippen molar-refractivity contribution >= 4 is 22.5 Å². The van der Waals surface area contributed by atoms with Gasteiger partial charge in [0.05, 0.1) is 33.6 Å². The van der Waals surface area contributed by atoms with Crippen LogP contribution in [0.2, 0.25) is 0 Å². The van der Waals surface area contributed by atoms with Crippen LogP contribution in [-0.4, -0.2) is 41.8 Å². The molecule has 0 bridgehead atoms. The van der Waals surface area contributed by atoms with E-state index in [1.165, 1.54) is 0 Å². The summed E-state index contributed by atoms with van der Waals surface area (Å²) in [6.45, 7) is 2.97. The number of aromatic nitrogens is 4. The number of aryl methyl sites for hydroxylation is 2. The van der Waals surface area contributed by atoms with Crippen molar-refractivity contribution in [2.75, 3.05) is 27.1 Å². The molecule has 0 fully saturated rings. The summed E-state index contributed by atoms with van der Waals surface area (Å²) in [5, 5.41) is 7.90. The van der Waals surface area contributed by atoms with Crippen molar-refractivity contribution in [1.82, 2.24) is 14.8 Å². The molecule has 1 aliphatic heterocycles. The molecule has 0 N–H and O–H groups in total. The molecule has 0 radical (unpaired) electrons. The van der Waals surface area contributed by atoms with Crippen molar-refractivity contribution in [1.29, 1.82) is 0 Å². The summed E-state index contributed by atoms with van der Waals surface area (Å²) < 4.78 is 20.7. The molecule has 5 rings (SSSR count). The number of thioether (sulfide) groups is 1. The van der Waals surface area contributed by atoms with Crippen LogP contribution in [0, 0.1) is 6.92 Å². The van der Waals surface area contributed by atoms with Crippen molar-refractivity contribution in [3.63, 3.8) is 0 Å². The minimum absolute atomic E-state index is 0.675. The van der Waals surface area contributed by atoms with E-state index in [9.17, 15) is 0 Å². The third-order valence-corrected chi connectivity index (χ3v) is 6.74. The molecule has 0 amide bonds. The lowest BCUT2D eigenvalue weighted by molar-refractivity contribution is -0.597. The number of methoxy groups -OCH3 is 3. The Labute approximate surface area is 190 Å². The molecule has 0 saturated heterocycles. The van der Waals surface area contributed by atoms with Gasteiger partial charge in [0, 0.05) is 21.8 Å². The van der Waals surface area contributed by atoms with Gasteiger partial charge < -0.3 is 14.2 Å². The van der Waals surface area contributed by atoms with Crippen LogP contribution in [0.15, 0.2) is 47.6 Å². The summed E-state index contributed by atoms with van der Waals surface area (Å²) >= 11 is 1.75. The lowest BCUT2D eigenvalue weighted by Crippen LogP contribution is -2.38. The van der Waals surface area contributed by atoms with E-state index in [-0.39, 0.29) is 0 Å². The van der Waals surface area contributed by atoms with Crippen LogP contribution in [0.25, 0.3) is 28.0 Å². The molecule has 164 valence electrons. The lowest BCUT2D eigenvalue weighted by Gasteiger charge is -2.15. The van der Waals surface area contributed by atoms with Crippen molar-refractivity contribution < 1.29 is 18.8 Å². The molecular weight excluding hydrogens is 424 g/mol. The van der Waals surface area contributed by atoms with E-state index in [4.69, 9.17) is 24.3 Å². The van der Waals surface area contributed by atoms with E-state index in [0.717, 1.165) is 57.3 Å². The maximum Gasteiger partial charge on any atom is 0.461 e. The van der Waals surface area contributed by atoms with Crippen LogP contribution < -0.4 is 18.8 Å². The van der Waals surface area contributed by atoms with Gasteiger partial charge >= 0.3 is 5.95 Å². The fourth-order valence-electron chi connectivity index (χ4n) is 4.14. The number of nitrogens with zero attached hydrogens (tertiary/aromatic N) is 4. The zero-order valence-corrected chi connectivity index (χ0v) is 19.4. The number of hydrogen-bond donors (Lipinski definition) is 0. The number of rotatable bonds is 5. The van der Waals surface area contributed by atoms with Gasteiger partial charge in [-0.3, -0.25) is 0 Å². The Morgan fingerprint density at radius 1 is 0.969 bits per heavy atom. The molecule has 0 spiro atoms. The number of hydrogen-bond acceptors (Lipinski definition) is 6. The highest BCUT2D eigenvalue weighted by molar-refractivity contribution is 7.99. The van der Waals surface area contributed by atoms with Crippen molar-refractivity contribution in [3.05, 3.63) is 48.2 Å². The molecule has 7 nitrogen and oxygen atoms in total. The van der Waals surface area contributed by atoms with Gasteiger partial charge in [-0.05, 0) is 66.2 Å². The quantitative estimate of drug-likeness (QED) is 0.426. The van der Waals surface area contributed by atoms with Gasteiger partial charge in [-0.2, -0.15) is 9.25 Å². The summed E-state index contributed by atoms with van der Waals surface area (Å²) in [5.74, 6) is 3.93. The zero-order valence-electron chi connectivity index (χ0n) is 18.6. The zero-order chi connectivity index (χ0) is 22.2.